The van der Waals surface area contributed by atoms with Gasteiger partial charge in [-0.2, -0.15) is 0 Å². The van der Waals surface area contributed by atoms with Crippen molar-refractivity contribution >= 4 is 11.3 Å². The van der Waals surface area contributed by atoms with Crippen molar-refractivity contribution in [3.63, 3.8) is 0 Å². The standard InChI is InChI=1S/C14H23NO2S/c1-11-4-5-12(7-11)15-8-13(16)9-17-10-14-3-2-6-18-14/h2-3,6,11-13,15-16H,4-5,7-10H2,1H3. The second-order valence-corrected chi connectivity index (χ2v) is 6.30. The number of hydrogen-bond acceptors (Lipinski definition) is 4. The number of nitrogens with one attached hydrogen (secondary N) is 1. The smallest absolute Gasteiger partial charge is 0.0897 e. The number of rotatable bonds is 7. The Morgan fingerprint density at radius 1 is 1.56 bits per heavy atom. The minimum atomic E-state index is -0.402. The van der Waals surface area contributed by atoms with Gasteiger partial charge >= 0.3 is 0 Å². The molecule has 1 aliphatic carbocycles. The lowest BCUT2D eigenvalue weighted by Gasteiger charge is -2.16. The highest BCUT2D eigenvalue weighted by Gasteiger charge is 2.21. The minimum absolute atomic E-state index is 0.402. The highest BCUT2D eigenvalue weighted by atomic mass is 32.1. The number of ether oxygens (including phenoxy) is 1. The molecule has 3 atom stereocenters. The Morgan fingerprint density at radius 3 is 3.11 bits per heavy atom. The van der Waals surface area contributed by atoms with Gasteiger partial charge in [-0.15, -0.1) is 11.3 Å². The zero-order chi connectivity index (χ0) is 12.8. The highest BCUT2D eigenvalue weighted by molar-refractivity contribution is 7.09. The molecule has 0 bridgehead atoms. The van der Waals surface area contributed by atoms with Crippen molar-refractivity contribution in [1.29, 1.82) is 0 Å². The fraction of sp³-hybridized carbons (Fsp3) is 0.714. The molecule has 102 valence electrons. The van der Waals surface area contributed by atoms with Crippen molar-refractivity contribution in [1.82, 2.24) is 5.32 Å². The fourth-order valence-electron chi connectivity index (χ4n) is 2.44. The van der Waals surface area contributed by atoms with E-state index in [4.69, 9.17) is 4.74 Å². The maximum absolute atomic E-state index is 9.82. The Morgan fingerprint density at radius 2 is 2.44 bits per heavy atom. The first kappa shape index (κ1) is 14.0. The lowest BCUT2D eigenvalue weighted by atomic mass is 10.1. The molecule has 0 aromatic carbocycles. The monoisotopic (exact) mass is 269 g/mol. The lowest BCUT2D eigenvalue weighted by Crippen LogP contribution is -2.36. The van der Waals surface area contributed by atoms with Gasteiger partial charge in [0.15, 0.2) is 0 Å². The molecule has 0 spiro atoms. The van der Waals surface area contributed by atoms with Crippen molar-refractivity contribution in [3.05, 3.63) is 22.4 Å². The summed E-state index contributed by atoms with van der Waals surface area (Å²) in [6.45, 7) is 3.95. The highest BCUT2D eigenvalue weighted by Crippen LogP contribution is 2.24. The van der Waals surface area contributed by atoms with Crippen LogP contribution in [0.25, 0.3) is 0 Å². The molecule has 1 aromatic rings. The third-order valence-electron chi connectivity index (χ3n) is 3.47. The van der Waals surface area contributed by atoms with Crippen molar-refractivity contribution in [2.75, 3.05) is 13.2 Å². The van der Waals surface area contributed by atoms with Crippen LogP contribution >= 0.6 is 11.3 Å². The number of aliphatic hydroxyl groups is 1. The Bertz CT molecular complexity index is 329. The van der Waals surface area contributed by atoms with Crippen molar-refractivity contribution in [2.24, 2.45) is 5.92 Å². The molecule has 18 heavy (non-hydrogen) atoms. The van der Waals surface area contributed by atoms with Gasteiger partial charge in [0.05, 0.1) is 19.3 Å². The van der Waals surface area contributed by atoms with Gasteiger partial charge in [0.2, 0.25) is 0 Å². The summed E-state index contributed by atoms with van der Waals surface area (Å²) in [6, 6.07) is 4.66. The number of hydrogen-bond donors (Lipinski definition) is 2. The van der Waals surface area contributed by atoms with Crippen LogP contribution in [0.4, 0.5) is 0 Å². The predicted octanol–water partition coefficient (Wildman–Crippen LogP) is 2.40. The van der Waals surface area contributed by atoms with Gasteiger partial charge in [0, 0.05) is 17.5 Å². The van der Waals surface area contributed by atoms with E-state index < -0.39 is 6.10 Å². The second-order valence-electron chi connectivity index (χ2n) is 5.27. The zero-order valence-electron chi connectivity index (χ0n) is 11.0. The molecule has 0 saturated heterocycles. The summed E-state index contributed by atoms with van der Waals surface area (Å²) >= 11 is 1.69. The molecule has 4 heteroatoms. The Kier molecular flexibility index (Phi) is 5.63. The molecule has 0 amide bonds. The van der Waals surface area contributed by atoms with E-state index in [1.807, 2.05) is 11.4 Å². The van der Waals surface area contributed by atoms with Crippen LogP contribution in [0.15, 0.2) is 17.5 Å². The Balaban J connectivity index is 1.53. The normalized spacial score (nSPS) is 25.4. The van der Waals surface area contributed by atoms with Gasteiger partial charge < -0.3 is 15.2 Å². The van der Waals surface area contributed by atoms with E-state index in [0.717, 1.165) is 5.92 Å². The Labute approximate surface area is 113 Å². The minimum Gasteiger partial charge on any atom is -0.389 e. The van der Waals surface area contributed by atoms with Crippen LogP contribution in [0.2, 0.25) is 0 Å². The van der Waals surface area contributed by atoms with E-state index in [0.29, 0.717) is 25.8 Å². The molecule has 0 aliphatic heterocycles. The van der Waals surface area contributed by atoms with Crippen LogP contribution < -0.4 is 5.32 Å². The van der Waals surface area contributed by atoms with Gasteiger partial charge in [-0.05, 0) is 36.6 Å². The summed E-state index contributed by atoms with van der Waals surface area (Å²) < 4.78 is 5.50. The summed E-state index contributed by atoms with van der Waals surface area (Å²) in [5.41, 5.74) is 0. The van der Waals surface area contributed by atoms with Crippen LogP contribution in [-0.4, -0.2) is 30.4 Å². The molecule has 2 N–H and O–H groups in total. The molecule has 1 fully saturated rings. The van der Waals surface area contributed by atoms with Crippen molar-refractivity contribution in [2.45, 2.75) is 44.9 Å². The predicted molar refractivity (Wildman–Crippen MR) is 74.8 cm³/mol. The second kappa shape index (κ2) is 7.24. The maximum atomic E-state index is 9.82. The van der Waals surface area contributed by atoms with Gasteiger partial charge in [-0.1, -0.05) is 13.0 Å². The lowest BCUT2D eigenvalue weighted by molar-refractivity contribution is 0.0286. The first-order valence-electron chi connectivity index (χ1n) is 6.75. The molecule has 1 saturated carbocycles. The van der Waals surface area contributed by atoms with Crippen LogP contribution in [0.3, 0.4) is 0 Å². The first-order valence-corrected chi connectivity index (χ1v) is 7.63. The average molecular weight is 269 g/mol. The maximum Gasteiger partial charge on any atom is 0.0897 e. The molecule has 1 heterocycles. The molecule has 0 radical (unpaired) electrons. The quantitative estimate of drug-likeness (QED) is 0.798. The molecule has 2 rings (SSSR count). The van der Waals surface area contributed by atoms with Gasteiger partial charge in [0.25, 0.3) is 0 Å². The molecular formula is C14H23NO2S. The molecule has 3 nitrogen and oxygen atoms in total. The van der Waals surface area contributed by atoms with Gasteiger partial charge in [-0.25, -0.2) is 0 Å². The van der Waals surface area contributed by atoms with Gasteiger partial charge in [-0.3, -0.25) is 0 Å². The molecule has 3 unspecified atom stereocenters. The van der Waals surface area contributed by atoms with E-state index in [1.54, 1.807) is 11.3 Å². The van der Waals surface area contributed by atoms with E-state index in [-0.39, 0.29) is 0 Å². The third-order valence-corrected chi connectivity index (χ3v) is 4.32. The van der Waals surface area contributed by atoms with E-state index >= 15 is 0 Å². The molecule has 1 aromatic heterocycles. The van der Waals surface area contributed by atoms with Crippen molar-refractivity contribution < 1.29 is 9.84 Å². The third kappa shape index (κ3) is 4.69. The fourth-order valence-corrected chi connectivity index (χ4v) is 3.08. The molecule has 1 aliphatic rings. The number of thiophene rings is 1. The van der Waals surface area contributed by atoms with Crippen LogP contribution in [0.5, 0.6) is 0 Å². The molecular weight excluding hydrogens is 246 g/mol. The summed E-state index contributed by atoms with van der Waals surface area (Å²) in [6.07, 6.45) is 3.39. The van der Waals surface area contributed by atoms with E-state index in [1.165, 1.54) is 24.1 Å². The Hall–Kier alpha value is -0.420. The van der Waals surface area contributed by atoms with E-state index in [9.17, 15) is 5.11 Å². The largest absolute Gasteiger partial charge is 0.389 e. The van der Waals surface area contributed by atoms with Crippen LogP contribution in [0.1, 0.15) is 31.1 Å². The summed E-state index contributed by atoms with van der Waals surface area (Å²) in [4.78, 5) is 1.21. The number of aliphatic hydroxyl groups excluding tert-OH is 1. The van der Waals surface area contributed by atoms with Crippen molar-refractivity contribution in [3.8, 4) is 0 Å². The SMILES string of the molecule is CC1CCC(NCC(O)COCc2cccs2)C1. The topological polar surface area (TPSA) is 41.5 Å². The summed E-state index contributed by atoms with van der Waals surface area (Å²) in [5, 5.41) is 15.3. The van der Waals surface area contributed by atoms with Crippen LogP contribution in [0, 0.1) is 5.92 Å². The zero-order valence-corrected chi connectivity index (χ0v) is 11.8. The van der Waals surface area contributed by atoms with E-state index in [2.05, 4.69) is 18.3 Å². The van der Waals surface area contributed by atoms with Crippen LogP contribution in [-0.2, 0) is 11.3 Å². The summed E-state index contributed by atoms with van der Waals surface area (Å²) in [7, 11) is 0. The van der Waals surface area contributed by atoms with Gasteiger partial charge in [0.1, 0.15) is 0 Å². The average Bonchev–Trinajstić information content (AvgIpc) is 2.98. The summed E-state index contributed by atoms with van der Waals surface area (Å²) in [5.74, 6) is 0.828. The first-order chi connectivity index (χ1) is 8.74.